The quantitative estimate of drug-likeness (QED) is 0.862. The summed E-state index contributed by atoms with van der Waals surface area (Å²) < 4.78 is 0. The summed E-state index contributed by atoms with van der Waals surface area (Å²) in [5, 5.41) is 19.0. The molecule has 2 atom stereocenters. The maximum absolute atomic E-state index is 10.2. The fourth-order valence-electron chi connectivity index (χ4n) is 2.16. The molecule has 2 rings (SSSR count). The van der Waals surface area contributed by atoms with Crippen LogP contribution < -0.4 is 0 Å². The highest BCUT2D eigenvalue weighted by Gasteiger charge is 2.14. The number of hydrogen-bond acceptors (Lipinski definition) is 2. The topological polar surface area (TPSA) is 44.0 Å². The van der Waals surface area contributed by atoms with Crippen LogP contribution in [-0.2, 0) is 0 Å². The second-order valence-corrected chi connectivity index (χ2v) is 5.14. The second-order valence-electron chi connectivity index (χ2n) is 5.14. The van der Waals surface area contributed by atoms with Crippen LogP contribution in [0.1, 0.15) is 44.9 Å². The van der Waals surface area contributed by atoms with E-state index in [0.717, 1.165) is 23.1 Å². The van der Waals surface area contributed by atoms with E-state index in [4.69, 9.17) is 5.26 Å². The Morgan fingerprint density at radius 1 is 1.00 bits per heavy atom. The first-order valence-corrected chi connectivity index (χ1v) is 6.94. The lowest BCUT2D eigenvalue weighted by molar-refractivity contribution is 0.115. The van der Waals surface area contributed by atoms with Crippen molar-refractivity contribution in [3.05, 3.63) is 59.7 Å². The monoisotopic (exact) mass is 281 g/mol. The fraction of sp³-hybridized carbons (Fsp3) is 0.316. The maximum atomic E-state index is 10.2. The van der Waals surface area contributed by atoms with E-state index < -0.39 is 6.10 Å². The predicted octanol–water partition coefficient (Wildman–Crippen LogP) is 4.94. The summed E-state index contributed by atoms with van der Waals surface area (Å²) in [5.41, 5.74) is 3.79. The van der Waals surface area contributed by atoms with Crippen LogP contribution in [0.3, 0.4) is 0 Å². The van der Waals surface area contributed by atoms with Crippen molar-refractivity contribution in [2.45, 2.75) is 33.8 Å². The van der Waals surface area contributed by atoms with Gasteiger partial charge in [-0.15, -0.1) is 0 Å². The van der Waals surface area contributed by atoms with Gasteiger partial charge in [0.2, 0.25) is 0 Å². The molecule has 1 N–H and O–H groups in total. The third-order valence-electron chi connectivity index (χ3n) is 3.78. The molecule has 2 nitrogen and oxygen atoms in total. The molecule has 2 aromatic rings. The van der Waals surface area contributed by atoms with Crippen LogP contribution >= 0.6 is 0 Å². The third-order valence-corrected chi connectivity index (χ3v) is 3.78. The molecule has 0 heterocycles. The third kappa shape index (κ3) is 3.93. The lowest BCUT2D eigenvalue weighted by Gasteiger charge is -2.17. The number of hydrogen-bond donors (Lipinski definition) is 1. The Bertz CT molecular complexity index is 593. The van der Waals surface area contributed by atoms with Gasteiger partial charge < -0.3 is 5.11 Å². The highest BCUT2D eigenvalue weighted by molar-refractivity contribution is 5.64. The molecule has 2 heteroatoms. The van der Waals surface area contributed by atoms with Crippen molar-refractivity contribution in [1.82, 2.24) is 0 Å². The van der Waals surface area contributed by atoms with Crippen molar-refractivity contribution < 1.29 is 5.11 Å². The Hall–Kier alpha value is -2.11. The molecule has 0 aliphatic heterocycles. The highest BCUT2D eigenvalue weighted by Crippen LogP contribution is 2.27. The van der Waals surface area contributed by atoms with E-state index in [9.17, 15) is 5.11 Å². The van der Waals surface area contributed by atoms with Gasteiger partial charge in [-0.1, -0.05) is 64.1 Å². The smallest absolute Gasteiger partial charge is 0.0991 e. The number of rotatable bonds is 4. The first-order chi connectivity index (χ1) is 9.65. The van der Waals surface area contributed by atoms with Gasteiger partial charge in [-0.2, -0.15) is 5.26 Å². The standard InChI is InChI=1S/C18H19NO.CH4/c1-3-13(2)18(20)17-10-8-16(9-11-17)15-6-4-14(12-19)5-7-15;/h4-11,13,18,20H,3H2,1-2H3;1H4. The van der Waals surface area contributed by atoms with Crippen molar-refractivity contribution in [3.63, 3.8) is 0 Å². The molecule has 2 unspecified atom stereocenters. The van der Waals surface area contributed by atoms with Gasteiger partial charge in [0.15, 0.2) is 0 Å². The van der Waals surface area contributed by atoms with Crippen LogP contribution in [0.4, 0.5) is 0 Å². The molecule has 0 radical (unpaired) electrons. The Balaban J connectivity index is 0.00000220. The van der Waals surface area contributed by atoms with Crippen LogP contribution in [0.5, 0.6) is 0 Å². The van der Waals surface area contributed by atoms with Gasteiger partial charge in [-0.05, 0) is 34.7 Å². The normalized spacial score (nSPS) is 12.9. The molecule has 0 aliphatic rings. The van der Waals surface area contributed by atoms with Crippen molar-refractivity contribution in [1.29, 1.82) is 5.26 Å². The number of nitriles is 1. The van der Waals surface area contributed by atoms with Gasteiger partial charge in [0.25, 0.3) is 0 Å². The molecular formula is C19H23NO. The molecule has 21 heavy (non-hydrogen) atoms. The van der Waals surface area contributed by atoms with Crippen LogP contribution in [0.25, 0.3) is 11.1 Å². The first-order valence-electron chi connectivity index (χ1n) is 6.94. The van der Waals surface area contributed by atoms with Gasteiger partial charge in [0.1, 0.15) is 0 Å². The van der Waals surface area contributed by atoms with E-state index in [-0.39, 0.29) is 13.3 Å². The van der Waals surface area contributed by atoms with Crippen LogP contribution in [0.15, 0.2) is 48.5 Å². The van der Waals surface area contributed by atoms with Gasteiger partial charge in [0.05, 0.1) is 17.7 Å². The number of aliphatic hydroxyl groups is 1. The lowest BCUT2D eigenvalue weighted by Crippen LogP contribution is -2.07. The molecule has 0 fully saturated rings. The minimum atomic E-state index is -0.407. The lowest BCUT2D eigenvalue weighted by atomic mass is 9.94. The maximum Gasteiger partial charge on any atom is 0.0991 e. The molecule has 0 bridgehead atoms. The van der Waals surface area contributed by atoms with Crippen LogP contribution in [0, 0.1) is 17.2 Å². The van der Waals surface area contributed by atoms with E-state index in [2.05, 4.69) is 19.9 Å². The second kappa shape index (κ2) is 7.61. The summed E-state index contributed by atoms with van der Waals surface area (Å²) in [6.45, 7) is 4.14. The minimum Gasteiger partial charge on any atom is -0.388 e. The molecular weight excluding hydrogens is 258 g/mol. The van der Waals surface area contributed by atoms with Crippen molar-refractivity contribution in [3.8, 4) is 17.2 Å². The highest BCUT2D eigenvalue weighted by atomic mass is 16.3. The Morgan fingerprint density at radius 2 is 1.48 bits per heavy atom. The molecule has 0 saturated heterocycles. The van der Waals surface area contributed by atoms with Crippen molar-refractivity contribution >= 4 is 0 Å². The minimum absolute atomic E-state index is 0. The van der Waals surface area contributed by atoms with E-state index in [0.29, 0.717) is 5.56 Å². The summed E-state index contributed by atoms with van der Waals surface area (Å²) in [6, 6.07) is 17.6. The van der Waals surface area contributed by atoms with Gasteiger partial charge in [0, 0.05) is 0 Å². The largest absolute Gasteiger partial charge is 0.388 e. The molecule has 0 aromatic heterocycles. The summed E-state index contributed by atoms with van der Waals surface area (Å²) in [6.07, 6.45) is 0.549. The zero-order chi connectivity index (χ0) is 14.5. The average molecular weight is 281 g/mol. The SMILES string of the molecule is C.CCC(C)C(O)c1ccc(-c2ccc(C#N)cc2)cc1. The summed E-state index contributed by atoms with van der Waals surface area (Å²) >= 11 is 0. The first kappa shape index (κ1) is 16.9. The summed E-state index contributed by atoms with van der Waals surface area (Å²) in [7, 11) is 0. The number of nitrogens with zero attached hydrogens (tertiary/aromatic N) is 1. The zero-order valence-corrected chi connectivity index (χ0v) is 11.9. The van der Waals surface area contributed by atoms with E-state index in [1.54, 1.807) is 0 Å². The van der Waals surface area contributed by atoms with E-state index in [1.165, 1.54) is 0 Å². The van der Waals surface area contributed by atoms with Crippen molar-refractivity contribution in [2.24, 2.45) is 5.92 Å². The molecule has 0 saturated carbocycles. The molecule has 0 aliphatic carbocycles. The van der Waals surface area contributed by atoms with E-state index in [1.807, 2.05) is 48.5 Å². The van der Waals surface area contributed by atoms with Gasteiger partial charge >= 0.3 is 0 Å². The number of benzene rings is 2. The molecule has 0 spiro atoms. The molecule has 110 valence electrons. The van der Waals surface area contributed by atoms with E-state index >= 15 is 0 Å². The van der Waals surface area contributed by atoms with Crippen molar-refractivity contribution in [2.75, 3.05) is 0 Å². The number of aliphatic hydroxyl groups excluding tert-OH is 1. The van der Waals surface area contributed by atoms with Gasteiger partial charge in [-0.25, -0.2) is 0 Å². The Labute approximate surface area is 127 Å². The zero-order valence-electron chi connectivity index (χ0n) is 11.9. The molecule has 0 amide bonds. The van der Waals surface area contributed by atoms with Gasteiger partial charge in [-0.3, -0.25) is 0 Å². The summed E-state index contributed by atoms with van der Waals surface area (Å²) in [4.78, 5) is 0. The van der Waals surface area contributed by atoms with Crippen LogP contribution in [-0.4, -0.2) is 5.11 Å². The molecule has 2 aromatic carbocycles. The Kier molecular flexibility index (Phi) is 6.14. The van der Waals surface area contributed by atoms with Crippen LogP contribution in [0.2, 0.25) is 0 Å². The predicted molar refractivity (Wildman–Crippen MR) is 87.7 cm³/mol. The Morgan fingerprint density at radius 3 is 1.90 bits per heavy atom. The average Bonchev–Trinajstić information content (AvgIpc) is 2.53. The summed E-state index contributed by atoms with van der Waals surface area (Å²) in [5.74, 6) is 0.260. The fourth-order valence-corrected chi connectivity index (χ4v) is 2.16.